The van der Waals surface area contributed by atoms with Crippen LogP contribution in [0.2, 0.25) is 0 Å². The van der Waals surface area contributed by atoms with E-state index in [0.717, 1.165) is 0 Å². The maximum Gasteiger partial charge on any atom is 0.319 e. The second kappa shape index (κ2) is 6.20. The molecule has 0 aliphatic carbocycles. The number of anilines is 2. The smallest absolute Gasteiger partial charge is 0.319 e. The van der Waals surface area contributed by atoms with Gasteiger partial charge in [0.2, 0.25) is 0 Å². The number of aromatic nitrogens is 2. The lowest BCUT2D eigenvalue weighted by molar-refractivity contribution is 0.188. The summed E-state index contributed by atoms with van der Waals surface area (Å²) in [6.07, 6.45) is 0. The van der Waals surface area contributed by atoms with Gasteiger partial charge >= 0.3 is 12.0 Å². The van der Waals surface area contributed by atoms with Crippen molar-refractivity contribution in [3.63, 3.8) is 0 Å². The summed E-state index contributed by atoms with van der Waals surface area (Å²) in [6.45, 7) is 2.46. The first-order valence-corrected chi connectivity index (χ1v) is 4.59. The maximum absolute atomic E-state index is 5.34. The Hall–Kier alpha value is -1.34. The molecular weight excluding hydrogens is 200 g/mol. The summed E-state index contributed by atoms with van der Waals surface area (Å²) in [5, 5.41) is 7.39. The van der Waals surface area contributed by atoms with Crippen LogP contribution < -0.4 is 10.6 Å². The number of hydrogen-bond acceptors (Lipinski definition) is 7. The Balaban J connectivity index is 2.54. The van der Waals surface area contributed by atoms with Crippen LogP contribution >= 0.6 is 0 Å². The second-order valence-corrected chi connectivity index (χ2v) is 2.90. The third kappa shape index (κ3) is 3.72. The van der Waals surface area contributed by atoms with E-state index in [1.165, 1.54) is 0 Å². The molecule has 0 fully saturated rings. The predicted molar refractivity (Wildman–Crippen MR) is 54.7 cm³/mol. The van der Waals surface area contributed by atoms with Crippen molar-refractivity contribution in [2.45, 2.75) is 0 Å². The van der Waals surface area contributed by atoms with Crippen molar-refractivity contribution in [3.8, 4) is 0 Å². The number of ether oxygens (including phenoxy) is 2. The van der Waals surface area contributed by atoms with Gasteiger partial charge in [0.25, 0.3) is 0 Å². The number of methoxy groups -OCH3 is 2. The van der Waals surface area contributed by atoms with E-state index >= 15 is 0 Å². The maximum atomic E-state index is 5.34. The van der Waals surface area contributed by atoms with Crippen LogP contribution in [-0.2, 0) is 9.47 Å². The zero-order chi connectivity index (χ0) is 11.1. The molecule has 86 valence electrons. The van der Waals surface area contributed by atoms with E-state index in [4.69, 9.17) is 19.6 Å². The van der Waals surface area contributed by atoms with Crippen LogP contribution in [-0.4, -0.2) is 50.7 Å². The summed E-state index contributed by atoms with van der Waals surface area (Å²) in [6, 6.07) is 0.450. The molecule has 1 rings (SSSR count). The Morgan fingerprint density at radius 2 is 1.80 bits per heavy atom. The molecular formula is C8H16N4O3. The molecule has 1 aromatic heterocycles. The first-order chi connectivity index (χ1) is 7.27. The molecule has 0 aliphatic heterocycles. The molecule has 0 radical (unpaired) electrons. The zero-order valence-electron chi connectivity index (χ0n) is 8.97. The molecule has 0 saturated heterocycles. The molecule has 1 heterocycles. The second-order valence-electron chi connectivity index (χ2n) is 2.90. The minimum atomic E-state index is 0.0600. The Bertz CT molecular complexity index is 271. The predicted octanol–water partition coefficient (Wildman–Crippen LogP) is -0.249. The topological polar surface area (TPSA) is 86.6 Å². The number of nitrogens with two attached hydrogens (primary N) is 1. The summed E-state index contributed by atoms with van der Waals surface area (Å²) in [7, 11) is 3.27. The SMILES string of the molecule is COCCN(CCOC)c1nnc(N)o1. The first kappa shape index (κ1) is 11.7. The van der Waals surface area contributed by atoms with E-state index in [-0.39, 0.29) is 6.01 Å². The highest BCUT2D eigenvalue weighted by Gasteiger charge is 2.12. The van der Waals surface area contributed by atoms with Crippen LogP contribution in [0.5, 0.6) is 0 Å². The van der Waals surface area contributed by atoms with Crippen molar-refractivity contribution in [3.05, 3.63) is 0 Å². The Labute approximate surface area is 88.1 Å². The normalized spacial score (nSPS) is 10.5. The fraction of sp³-hybridized carbons (Fsp3) is 0.750. The highest BCUT2D eigenvalue weighted by molar-refractivity contribution is 5.27. The monoisotopic (exact) mass is 216 g/mol. The van der Waals surface area contributed by atoms with E-state index < -0.39 is 0 Å². The average Bonchev–Trinajstić information content (AvgIpc) is 2.65. The van der Waals surface area contributed by atoms with Crippen molar-refractivity contribution < 1.29 is 13.9 Å². The van der Waals surface area contributed by atoms with Crippen molar-refractivity contribution in [2.75, 3.05) is 51.2 Å². The molecule has 0 amide bonds. The van der Waals surface area contributed by atoms with Gasteiger partial charge in [-0.15, -0.1) is 0 Å². The number of rotatable bonds is 7. The molecule has 1 aromatic rings. The van der Waals surface area contributed by atoms with Crippen LogP contribution in [0, 0.1) is 0 Å². The van der Waals surface area contributed by atoms with E-state index in [0.29, 0.717) is 32.3 Å². The van der Waals surface area contributed by atoms with Gasteiger partial charge < -0.3 is 24.5 Å². The Morgan fingerprint density at radius 3 is 2.20 bits per heavy atom. The first-order valence-electron chi connectivity index (χ1n) is 4.59. The third-order valence-electron chi connectivity index (χ3n) is 1.83. The fourth-order valence-corrected chi connectivity index (χ4v) is 1.06. The van der Waals surface area contributed by atoms with Gasteiger partial charge in [0.1, 0.15) is 0 Å². The van der Waals surface area contributed by atoms with E-state index in [9.17, 15) is 0 Å². The fourth-order valence-electron chi connectivity index (χ4n) is 1.06. The van der Waals surface area contributed by atoms with Gasteiger partial charge in [-0.25, -0.2) is 0 Å². The lowest BCUT2D eigenvalue weighted by atomic mass is 10.5. The van der Waals surface area contributed by atoms with Crippen LogP contribution in [0.4, 0.5) is 12.0 Å². The van der Waals surface area contributed by atoms with Gasteiger partial charge in [0.05, 0.1) is 13.2 Å². The molecule has 2 N–H and O–H groups in total. The van der Waals surface area contributed by atoms with E-state index in [1.54, 1.807) is 14.2 Å². The number of nitrogen functional groups attached to an aromatic ring is 1. The summed E-state index contributed by atoms with van der Waals surface area (Å²) >= 11 is 0. The molecule has 7 heteroatoms. The minimum absolute atomic E-state index is 0.0600. The van der Waals surface area contributed by atoms with Gasteiger partial charge in [-0.1, -0.05) is 10.2 Å². The summed E-state index contributed by atoms with van der Waals surface area (Å²) < 4.78 is 15.1. The molecule has 7 nitrogen and oxygen atoms in total. The van der Waals surface area contributed by atoms with Gasteiger partial charge in [-0.3, -0.25) is 0 Å². The van der Waals surface area contributed by atoms with Crippen molar-refractivity contribution >= 4 is 12.0 Å². The largest absolute Gasteiger partial charge is 0.390 e. The van der Waals surface area contributed by atoms with Crippen LogP contribution in [0.1, 0.15) is 0 Å². The standard InChI is InChI=1S/C8H16N4O3/c1-13-5-3-12(4-6-14-2)8-11-10-7(9)15-8/h3-6H2,1-2H3,(H2,9,10). The minimum Gasteiger partial charge on any atom is -0.390 e. The molecule has 0 bridgehead atoms. The van der Waals surface area contributed by atoms with Gasteiger partial charge in [0.15, 0.2) is 0 Å². The van der Waals surface area contributed by atoms with Crippen molar-refractivity contribution in [1.82, 2.24) is 10.2 Å². The van der Waals surface area contributed by atoms with Crippen molar-refractivity contribution in [2.24, 2.45) is 0 Å². The molecule has 0 aromatic carbocycles. The summed E-state index contributed by atoms with van der Waals surface area (Å²) in [5.74, 6) is 0. The number of nitrogens with zero attached hydrogens (tertiary/aromatic N) is 3. The van der Waals surface area contributed by atoms with Crippen molar-refractivity contribution in [1.29, 1.82) is 0 Å². The average molecular weight is 216 g/mol. The number of hydrogen-bond donors (Lipinski definition) is 1. The van der Waals surface area contributed by atoms with Crippen LogP contribution in [0.15, 0.2) is 4.42 Å². The molecule has 0 aliphatic rings. The molecule has 15 heavy (non-hydrogen) atoms. The third-order valence-corrected chi connectivity index (χ3v) is 1.83. The summed E-state index contributed by atoms with van der Waals surface area (Å²) in [4.78, 5) is 1.86. The summed E-state index contributed by atoms with van der Waals surface area (Å²) in [5.41, 5.74) is 5.34. The van der Waals surface area contributed by atoms with Gasteiger partial charge in [0, 0.05) is 27.3 Å². The zero-order valence-corrected chi connectivity index (χ0v) is 8.97. The van der Waals surface area contributed by atoms with Crippen LogP contribution in [0.3, 0.4) is 0 Å². The Kier molecular flexibility index (Phi) is 4.85. The molecule has 0 unspecified atom stereocenters. The highest BCUT2D eigenvalue weighted by atomic mass is 16.5. The molecule has 0 spiro atoms. The highest BCUT2D eigenvalue weighted by Crippen LogP contribution is 2.12. The quantitative estimate of drug-likeness (QED) is 0.672. The molecule has 0 saturated carbocycles. The van der Waals surface area contributed by atoms with E-state index in [1.807, 2.05) is 4.90 Å². The van der Waals surface area contributed by atoms with E-state index in [2.05, 4.69) is 10.2 Å². The van der Waals surface area contributed by atoms with Gasteiger partial charge in [-0.05, 0) is 0 Å². The molecule has 0 atom stereocenters. The Morgan fingerprint density at radius 1 is 1.20 bits per heavy atom. The van der Waals surface area contributed by atoms with Gasteiger partial charge in [-0.2, -0.15) is 0 Å². The van der Waals surface area contributed by atoms with Crippen LogP contribution in [0.25, 0.3) is 0 Å². The lowest BCUT2D eigenvalue weighted by Gasteiger charge is -2.18. The lowest BCUT2D eigenvalue weighted by Crippen LogP contribution is -2.30.